The van der Waals surface area contributed by atoms with Crippen molar-refractivity contribution in [1.29, 1.82) is 0 Å². The van der Waals surface area contributed by atoms with Gasteiger partial charge in [0.05, 0.1) is 16.7 Å². The second kappa shape index (κ2) is 7.59. The van der Waals surface area contributed by atoms with Gasteiger partial charge in [-0.05, 0) is 49.4 Å². The van der Waals surface area contributed by atoms with Gasteiger partial charge in [-0.3, -0.25) is 4.79 Å². The van der Waals surface area contributed by atoms with Gasteiger partial charge in [0, 0.05) is 23.5 Å². The normalized spacial score (nSPS) is 17.5. The standard InChI is InChI=1S/C19H16ClNO5/c1-2-25-19-15(10-21-13-6-3-11(4-7-13)18(23)24)17(22)14-9-12(20)5-8-16(14)26-19/h3-10,19,21H,2H2,1H3,(H,23,24). The number of carbonyl (C=O) groups is 2. The molecule has 0 saturated heterocycles. The Kier molecular flexibility index (Phi) is 5.25. The van der Waals surface area contributed by atoms with Gasteiger partial charge >= 0.3 is 5.97 Å². The summed E-state index contributed by atoms with van der Waals surface area (Å²) in [4.78, 5) is 23.7. The van der Waals surface area contributed by atoms with Crippen LogP contribution in [0, 0.1) is 0 Å². The number of nitrogens with one attached hydrogen (secondary N) is 1. The highest BCUT2D eigenvalue weighted by Crippen LogP contribution is 2.33. The summed E-state index contributed by atoms with van der Waals surface area (Å²) >= 11 is 5.98. The van der Waals surface area contributed by atoms with Crippen LogP contribution in [0.15, 0.2) is 54.2 Å². The van der Waals surface area contributed by atoms with Crippen LogP contribution in [0.25, 0.3) is 0 Å². The van der Waals surface area contributed by atoms with Crippen molar-refractivity contribution < 1.29 is 24.2 Å². The molecule has 0 saturated carbocycles. The number of rotatable bonds is 5. The first-order valence-corrected chi connectivity index (χ1v) is 8.30. The van der Waals surface area contributed by atoms with Crippen LogP contribution < -0.4 is 10.1 Å². The first-order valence-electron chi connectivity index (χ1n) is 7.92. The molecule has 1 aliphatic heterocycles. The second-order valence-electron chi connectivity index (χ2n) is 5.50. The van der Waals surface area contributed by atoms with Crippen LogP contribution in [0.4, 0.5) is 5.69 Å². The van der Waals surface area contributed by atoms with E-state index >= 15 is 0 Å². The molecule has 1 heterocycles. The fourth-order valence-corrected chi connectivity index (χ4v) is 2.67. The quantitative estimate of drug-likeness (QED) is 0.771. The predicted molar refractivity (Wildman–Crippen MR) is 96.9 cm³/mol. The monoisotopic (exact) mass is 373 g/mol. The molecular weight excluding hydrogens is 358 g/mol. The number of fused-ring (bicyclic) bond motifs is 1. The van der Waals surface area contributed by atoms with Crippen molar-refractivity contribution in [3.63, 3.8) is 0 Å². The van der Waals surface area contributed by atoms with E-state index in [1.807, 2.05) is 0 Å². The highest BCUT2D eigenvalue weighted by molar-refractivity contribution is 6.31. The molecule has 134 valence electrons. The van der Waals surface area contributed by atoms with Gasteiger partial charge in [0.25, 0.3) is 0 Å². The number of anilines is 1. The zero-order valence-electron chi connectivity index (χ0n) is 13.9. The number of halogens is 1. The molecule has 1 atom stereocenters. The number of carboxylic acid groups (broad SMARTS) is 1. The van der Waals surface area contributed by atoms with Crippen LogP contribution in [-0.4, -0.2) is 29.8 Å². The van der Waals surface area contributed by atoms with Crippen LogP contribution in [0.5, 0.6) is 5.75 Å². The number of carbonyl (C=O) groups excluding carboxylic acids is 1. The Morgan fingerprint density at radius 3 is 2.69 bits per heavy atom. The van der Waals surface area contributed by atoms with E-state index in [4.69, 9.17) is 26.2 Å². The Labute approximate surface area is 155 Å². The summed E-state index contributed by atoms with van der Waals surface area (Å²) in [6.45, 7) is 2.17. The molecule has 0 radical (unpaired) electrons. The van der Waals surface area contributed by atoms with E-state index in [2.05, 4.69) is 5.32 Å². The zero-order valence-corrected chi connectivity index (χ0v) is 14.6. The minimum absolute atomic E-state index is 0.177. The molecule has 0 aliphatic carbocycles. The van der Waals surface area contributed by atoms with Gasteiger partial charge in [-0.2, -0.15) is 0 Å². The number of benzene rings is 2. The highest BCUT2D eigenvalue weighted by Gasteiger charge is 2.32. The predicted octanol–water partition coefficient (Wildman–Crippen LogP) is 3.97. The highest BCUT2D eigenvalue weighted by atomic mass is 35.5. The van der Waals surface area contributed by atoms with Crippen molar-refractivity contribution in [3.8, 4) is 5.75 Å². The summed E-state index contributed by atoms with van der Waals surface area (Å²) in [5.41, 5.74) is 1.46. The number of hydrogen-bond acceptors (Lipinski definition) is 5. The van der Waals surface area contributed by atoms with E-state index in [0.717, 1.165) is 0 Å². The van der Waals surface area contributed by atoms with Crippen molar-refractivity contribution in [2.75, 3.05) is 11.9 Å². The number of Topliss-reactive ketones (excluding diaryl/α,β-unsaturated/α-hetero) is 1. The second-order valence-corrected chi connectivity index (χ2v) is 5.94. The fourth-order valence-electron chi connectivity index (χ4n) is 2.50. The summed E-state index contributed by atoms with van der Waals surface area (Å²) in [6.07, 6.45) is 0.661. The largest absolute Gasteiger partial charge is 0.478 e. The van der Waals surface area contributed by atoms with Crippen LogP contribution >= 0.6 is 11.6 Å². The average Bonchev–Trinajstić information content (AvgIpc) is 2.63. The fraction of sp³-hybridized carbons (Fsp3) is 0.158. The van der Waals surface area contributed by atoms with Crippen LogP contribution in [0.1, 0.15) is 27.6 Å². The number of ether oxygens (including phenoxy) is 2. The van der Waals surface area contributed by atoms with Crippen molar-refractivity contribution >= 4 is 29.0 Å². The Hall–Kier alpha value is -2.83. The van der Waals surface area contributed by atoms with E-state index < -0.39 is 12.3 Å². The summed E-state index contributed by atoms with van der Waals surface area (Å²) in [5, 5.41) is 12.3. The van der Waals surface area contributed by atoms with Gasteiger partial charge < -0.3 is 19.9 Å². The summed E-state index contributed by atoms with van der Waals surface area (Å²) < 4.78 is 11.3. The molecule has 0 fully saturated rings. The third-order valence-electron chi connectivity index (χ3n) is 3.78. The first-order chi connectivity index (χ1) is 12.5. The minimum atomic E-state index is -1.00. The molecule has 2 aromatic carbocycles. The molecule has 0 spiro atoms. The molecule has 26 heavy (non-hydrogen) atoms. The van der Waals surface area contributed by atoms with Gasteiger partial charge in [-0.1, -0.05) is 11.6 Å². The van der Waals surface area contributed by atoms with E-state index in [1.54, 1.807) is 37.3 Å². The number of ketones is 1. The van der Waals surface area contributed by atoms with Crippen LogP contribution in [-0.2, 0) is 4.74 Å². The first kappa shape index (κ1) is 18.0. The summed E-state index contributed by atoms with van der Waals surface area (Å²) in [5.74, 6) is -0.835. The maximum Gasteiger partial charge on any atom is 0.335 e. The summed E-state index contributed by atoms with van der Waals surface area (Å²) in [6, 6.07) is 11.0. The van der Waals surface area contributed by atoms with Gasteiger partial charge in [-0.25, -0.2) is 4.79 Å². The van der Waals surface area contributed by atoms with Gasteiger partial charge in [-0.15, -0.1) is 0 Å². The lowest BCUT2D eigenvalue weighted by Gasteiger charge is -2.27. The van der Waals surface area contributed by atoms with Crippen molar-refractivity contribution in [2.45, 2.75) is 13.2 Å². The van der Waals surface area contributed by atoms with Gasteiger partial charge in [0.1, 0.15) is 5.75 Å². The Balaban J connectivity index is 1.88. The molecule has 0 amide bonds. The third kappa shape index (κ3) is 3.71. The Morgan fingerprint density at radius 1 is 1.31 bits per heavy atom. The Bertz CT molecular complexity index is 876. The topological polar surface area (TPSA) is 84.9 Å². The maximum absolute atomic E-state index is 12.8. The number of aromatic carboxylic acids is 1. The Morgan fingerprint density at radius 2 is 2.04 bits per heavy atom. The molecule has 7 heteroatoms. The van der Waals surface area contributed by atoms with Gasteiger partial charge in [0.2, 0.25) is 12.1 Å². The van der Waals surface area contributed by atoms with Crippen molar-refractivity contribution in [1.82, 2.24) is 0 Å². The molecular formula is C19H16ClNO5. The molecule has 1 unspecified atom stereocenters. The maximum atomic E-state index is 12.8. The molecule has 1 aliphatic rings. The van der Waals surface area contributed by atoms with E-state index in [0.29, 0.717) is 34.2 Å². The lowest BCUT2D eigenvalue weighted by Crippen LogP contribution is -2.33. The number of carboxylic acids is 1. The number of hydrogen-bond donors (Lipinski definition) is 2. The minimum Gasteiger partial charge on any atom is -0.478 e. The van der Waals surface area contributed by atoms with E-state index in [9.17, 15) is 9.59 Å². The van der Waals surface area contributed by atoms with Crippen LogP contribution in [0.3, 0.4) is 0 Å². The molecule has 6 nitrogen and oxygen atoms in total. The van der Waals surface area contributed by atoms with Crippen molar-refractivity contribution in [2.24, 2.45) is 0 Å². The van der Waals surface area contributed by atoms with Gasteiger partial charge in [0.15, 0.2) is 0 Å². The molecule has 3 rings (SSSR count). The average molecular weight is 374 g/mol. The summed E-state index contributed by atoms with van der Waals surface area (Å²) in [7, 11) is 0. The molecule has 0 bridgehead atoms. The SMILES string of the molecule is CCOC1Oc2ccc(Cl)cc2C(=O)C1=CNc1ccc(C(=O)O)cc1. The molecule has 0 aromatic heterocycles. The van der Waals surface area contributed by atoms with E-state index in [-0.39, 0.29) is 11.3 Å². The van der Waals surface area contributed by atoms with Crippen LogP contribution in [0.2, 0.25) is 5.02 Å². The molecule has 2 aromatic rings. The lowest BCUT2D eigenvalue weighted by molar-refractivity contribution is -0.0509. The van der Waals surface area contributed by atoms with Crippen molar-refractivity contribution in [3.05, 3.63) is 70.4 Å². The molecule has 2 N–H and O–H groups in total. The zero-order chi connectivity index (χ0) is 18.7. The van der Waals surface area contributed by atoms with E-state index in [1.165, 1.54) is 18.3 Å². The smallest absolute Gasteiger partial charge is 0.335 e. The third-order valence-corrected chi connectivity index (χ3v) is 4.02. The lowest BCUT2D eigenvalue weighted by atomic mass is 10.00.